The minimum Gasteiger partial charge on any atom is -0.332 e. The summed E-state index contributed by atoms with van der Waals surface area (Å²) in [6.07, 6.45) is 0.668. The molecule has 2 amide bonds. The zero-order valence-corrected chi connectivity index (χ0v) is 14.2. The number of carbonyl (C=O) groups excluding carboxylic acids is 2. The molecule has 0 spiro atoms. The molecule has 0 aromatic heterocycles. The second kappa shape index (κ2) is 8.79. The quantitative estimate of drug-likeness (QED) is 0.731. The summed E-state index contributed by atoms with van der Waals surface area (Å²) >= 11 is 5.07. The second-order valence-electron chi connectivity index (χ2n) is 5.15. The summed E-state index contributed by atoms with van der Waals surface area (Å²) in [4.78, 5) is 23.4. The van der Waals surface area contributed by atoms with Crippen LogP contribution >= 0.6 is 12.2 Å². The van der Waals surface area contributed by atoms with Crippen LogP contribution in [0.5, 0.6) is 0 Å². The van der Waals surface area contributed by atoms with Gasteiger partial charge in [-0.3, -0.25) is 9.59 Å². The van der Waals surface area contributed by atoms with Gasteiger partial charge < -0.3 is 16.0 Å². The first-order valence-electron chi connectivity index (χ1n) is 7.61. The molecule has 0 unspecified atom stereocenters. The van der Waals surface area contributed by atoms with Crippen molar-refractivity contribution in [3.05, 3.63) is 60.2 Å². The van der Waals surface area contributed by atoms with Gasteiger partial charge in [-0.05, 0) is 36.0 Å². The molecule has 0 aliphatic carbocycles. The van der Waals surface area contributed by atoms with Crippen LogP contribution in [0.3, 0.4) is 0 Å². The van der Waals surface area contributed by atoms with Crippen molar-refractivity contribution in [2.45, 2.75) is 19.8 Å². The number of rotatable bonds is 5. The average Bonchev–Trinajstić information content (AvgIpc) is 2.55. The monoisotopic (exact) mass is 341 g/mol. The Hall–Kier alpha value is -2.73. The lowest BCUT2D eigenvalue weighted by Gasteiger charge is -2.11. The van der Waals surface area contributed by atoms with Gasteiger partial charge in [0, 0.05) is 17.8 Å². The predicted octanol–water partition coefficient (Wildman–Crippen LogP) is 3.09. The lowest BCUT2D eigenvalue weighted by molar-refractivity contribution is -0.119. The van der Waals surface area contributed by atoms with Crippen molar-refractivity contribution < 1.29 is 9.59 Å². The molecule has 0 atom stereocenters. The van der Waals surface area contributed by atoms with E-state index in [-0.39, 0.29) is 16.9 Å². The Bertz CT molecular complexity index is 732. The Balaban J connectivity index is 1.93. The highest BCUT2D eigenvalue weighted by Crippen LogP contribution is 2.15. The van der Waals surface area contributed by atoms with Crippen molar-refractivity contribution in [1.82, 2.24) is 5.32 Å². The van der Waals surface area contributed by atoms with Gasteiger partial charge in [-0.1, -0.05) is 43.3 Å². The fourth-order valence-corrected chi connectivity index (χ4v) is 2.27. The summed E-state index contributed by atoms with van der Waals surface area (Å²) in [6, 6.07) is 16.7. The molecule has 3 N–H and O–H groups in total. The molecule has 0 aliphatic rings. The molecule has 2 rings (SSSR count). The van der Waals surface area contributed by atoms with Crippen LogP contribution in [-0.4, -0.2) is 16.9 Å². The van der Waals surface area contributed by atoms with Crippen LogP contribution in [0.25, 0.3) is 0 Å². The molecule has 124 valence electrons. The predicted molar refractivity (Wildman–Crippen MR) is 99.9 cm³/mol. The Morgan fingerprint density at radius 3 is 2.25 bits per heavy atom. The molecule has 0 aliphatic heterocycles. The van der Waals surface area contributed by atoms with Crippen LogP contribution in [0.2, 0.25) is 0 Å². The fourth-order valence-electron chi connectivity index (χ4n) is 2.04. The summed E-state index contributed by atoms with van der Waals surface area (Å²) in [5, 5.41) is 8.56. The number of amides is 2. The van der Waals surface area contributed by atoms with E-state index in [1.807, 2.05) is 30.3 Å². The van der Waals surface area contributed by atoms with Crippen LogP contribution in [0, 0.1) is 0 Å². The third-order valence-corrected chi connectivity index (χ3v) is 3.39. The summed E-state index contributed by atoms with van der Waals surface area (Å²) in [5.74, 6) is -0.250. The summed E-state index contributed by atoms with van der Waals surface area (Å²) in [5.41, 5.74) is 2.30. The van der Waals surface area contributed by atoms with E-state index in [2.05, 4.69) is 16.0 Å². The maximum Gasteiger partial charge on any atom is 0.228 e. The average molecular weight is 341 g/mol. The van der Waals surface area contributed by atoms with E-state index in [0.717, 1.165) is 5.56 Å². The van der Waals surface area contributed by atoms with Gasteiger partial charge in [0.2, 0.25) is 11.8 Å². The molecule has 0 saturated heterocycles. The van der Waals surface area contributed by atoms with E-state index in [1.54, 1.807) is 31.2 Å². The highest BCUT2D eigenvalue weighted by molar-refractivity contribution is 7.80. The van der Waals surface area contributed by atoms with Crippen molar-refractivity contribution in [3.63, 3.8) is 0 Å². The van der Waals surface area contributed by atoms with E-state index in [1.165, 1.54) is 0 Å². The van der Waals surface area contributed by atoms with Crippen molar-refractivity contribution in [2.24, 2.45) is 0 Å². The normalized spacial score (nSPS) is 9.88. The minimum atomic E-state index is -0.153. The van der Waals surface area contributed by atoms with Crippen LogP contribution < -0.4 is 16.0 Å². The number of nitrogens with one attached hydrogen (secondary N) is 3. The standard InChI is InChI=1S/C18H19N3O2S/c1-2-16(22)21-18(24)20-15-10-6-9-14(12-15)19-17(23)11-13-7-4-3-5-8-13/h3-10,12H,2,11H2,1H3,(H,19,23)(H2,20,21,22,24). The first-order chi connectivity index (χ1) is 11.6. The van der Waals surface area contributed by atoms with Crippen molar-refractivity contribution in [2.75, 3.05) is 10.6 Å². The van der Waals surface area contributed by atoms with Crippen LogP contribution in [0.4, 0.5) is 11.4 Å². The van der Waals surface area contributed by atoms with E-state index in [0.29, 0.717) is 24.2 Å². The molecule has 0 saturated carbocycles. The van der Waals surface area contributed by atoms with Crippen LogP contribution in [0.1, 0.15) is 18.9 Å². The van der Waals surface area contributed by atoms with Gasteiger partial charge in [-0.15, -0.1) is 0 Å². The molecule has 6 heteroatoms. The minimum absolute atomic E-state index is 0.0970. The molecule has 0 bridgehead atoms. The highest BCUT2D eigenvalue weighted by Gasteiger charge is 2.06. The van der Waals surface area contributed by atoms with Gasteiger partial charge >= 0.3 is 0 Å². The summed E-state index contributed by atoms with van der Waals surface area (Å²) < 4.78 is 0. The molecule has 0 fully saturated rings. The zero-order chi connectivity index (χ0) is 17.4. The van der Waals surface area contributed by atoms with E-state index in [4.69, 9.17) is 12.2 Å². The first-order valence-corrected chi connectivity index (χ1v) is 8.02. The van der Waals surface area contributed by atoms with Gasteiger partial charge in [-0.25, -0.2) is 0 Å². The molecule has 2 aromatic carbocycles. The largest absolute Gasteiger partial charge is 0.332 e. The lowest BCUT2D eigenvalue weighted by Crippen LogP contribution is -2.33. The third-order valence-electron chi connectivity index (χ3n) is 3.19. The van der Waals surface area contributed by atoms with E-state index < -0.39 is 0 Å². The third kappa shape index (κ3) is 5.81. The number of hydrogen-bond acceptors (Lipinski definition) is 3. The Labute approximate surface area is 146 Å². The van der Waals surface area contributed by atoms with Crippen LogP contribution in [-0.2, 0) is 16.0 Å². The zero-order valence-electron chi connectivity index (χ0n) is 13.3. The maximum absolute atomic E-state index is 12.1. The number of carbonyl (C=O) groups is 2. The van der Waals surface area contributed by atoms with E-state index in [9.17, 15) is 9.59 Å². The molecule has 5 nitrogen and oxygen atoms in total. The first kappa shape index (κ1) is 17.6. The van der Waals surface area contributed by atoms with Gasteiger partial charge in [0.1, 0.15) is 0 Å². The Morgan fingerprint density at radius 1 is 0.917 bits per heavy atom. The lowest BCUT2D eigenvalue weighted by atomic mass is 10.1. The number of hydrogen-bond donors (Lipinski definition) is 3. The molecule has 0 heterocycles. The van der Waals surface area contributed by atoms with Crippen molar-refractivity contribution >= 4 is 40.5 Å². The smallest absolute Gasteiger partial charge is 0.228 e. The van der Waals surface area contributed by atoms with Crippen molar-refractivity contribution in [1.29, 1.82) is 0 Å². The molecular weight excluding hydrogens is 322 g/mol. The number of benzene rings is 2. The van der Waals surface area contributed by atoms with Crippen molar-refractivity contribution in [3.8, 4) is 0 Å². The van der Waals surface area contributed by atoms with Crippen LogP contribution in [0.15, 0.2) is 54.6 Å². The maximum atomic E-state index is 12.1. The Kier molecular flexibility index (Phi) is 6.45. The SMILES string of the molecule is CCC(=O)NC(=S)Nc1cccc(NC(=O)Cc2ccccc2)c1. The van der Waals surface area contributed by atoms with E-state index >= 15 is 0 Å². The number of anilines is 2. The molecule has 24 heavy (non-hydrogen) atoms. The van der Waals surface area contributed by atoms with Gasteiger partial charge in [0.15, 0.2) is 5.11 Å². The van der Waals surface area contributed by atoms with Gasteiger partial charge in [0.25, 0.3) is 0 Å². The van der Waals surface area contributed by atoms with Gasteiger partial charge in [-0.2, -0.15) is 0 Å². The highest BCUT2D eigenvalue weighted by atomic mass is 32.1. The molecule has 0 radical (unpaired) electrons. The topological polar surface area (TPSA) is 70.2 Å². The summed E-state index contributed by atoms with van der Waals surface area (Å²) in [7, 11) is 0. The van der Waals surface area contributed by atoms with Gasteiger partial charge in [0.05, 0.1) is 6.42 Å². The number of thiocarbonyl (C=S) groups is 1. The Morgan fingerprint density at radius 2 is 1.58 bits per heavy atom. The fraction of sp³-hybridized carbons (Fsp3) is 0.167. The summed E-state index contributed by atoms with van der Waals surface area (Å²) in [6.45, 7) is 1.75. The molecular formula is C18H19N3O2S. The molecule has 2 aromatic rings. The second-order valence-corrected chi connectivity index (χ2v) is 5.56.